The summed E-state index contributed by atoms with van der Waals surface area (Å²) in [5, 5.41) is 0.209. The number of aromatic nitrogens is 2. The molecule has 3 aromatic rings. The number of benzene rings is 2. The first kappa shape index (κ1) is 14.0. The molecule has 0 saturated carbocycles. The van der Waals surface area contributed by atoms with Gasteiger partial charge in [0.2, 0.25) is 0 Å². The lowest BCUT2D eigenvalue weighted by atomic mass is 10.2. The number of nitrogens with zero attached hydrogens (tertiary/aromatic N) is 1. The fraction of sp³-hybridized carbons (Fsp3) is 0. The highest BCUT2D eigenvalue weighted by Gasteiger charge is 2.12. The van der Waals surface area contributed by atoms with E-state index in [0.717, 1.165) is 0 Å². The summed E-state index contributed by atoms with van der Waals surface area (Å²) >= 11 is 13.2. The van der Waals surface area contributed by atoms with Crippen LogP contribution in [0.1, 0.15) is 0 Å². The Morgan fingerprint density at radius 2 is 1.95 bits per heavy atom. The molecule has 0 aliphatic carbocycles. The van der Waals surface area contributed by atoms with Crippen molar-refractivity contribution < 1.29 is 8.78 Å². The molecule has 102 valence electrons. The number of halogens is 4. The lowest BCUT2D eigenvalue weighted by Gasteiger charge is -2.07. The van der Waals surface area contributed by atoms with Gasteiger partial charge in [0.15, 0.2) is 4.77 Å². The molecule has 0 bridgehead atoms. The van der Waals surface area contributed by atoms with Crippen molar-refractivity contribution in [2.45, 2.75) is 0 Å². The van der Waals surface area contributed by atoms with Crippen molar-refractivity contribution in [1.82, 2.24) is 9.55 Å². The highest BCUT2D eigenvalue weighted by Crippen LogP contribution is 2.28. The molecule has 0 fully saturated rings. The maximum atomic E-state index is 13.8. The summed E-state index contributed by atoms with van der Waals surface area (Å²) in [7, 11) is 0. The van der Waals surface area contributed by atoms with Gasteiger partial charge in [-0.15, -0.1) is 0 Å². The van der Waals surface area contributed by atoms with E-state index >= 15 is 0 Å². The summed E-state index contributed by atoms with van der Waals surface area (Å²) in [5.41, 5.74) is 1.76. The van der Waals surface area contributed by atoms with Crippen molar-refractivity contribution in [1.29, 1.82) is 0 Å². The molecule has 1 heterocycles. The molecule has 2 aromatic carbocycles. The minimum atomic E-state index is -0.439. The molecule has 1 N–H and O–H groups in total. The SMILES string of the molecule is Fc1ccc(-n2c(=S)[nH]c3cc(I)c(F)cc32)c(Cl)c1. The first-order valence-electron chi connectivity index (χ1n) is 5.52. The standard InChI is InChI=1S/C13H6ClF2IN2S/c14-7-3-6(15)1-2-11(7)19-12-4-8(16)9(17)5-10(12)18-13(19)20/h1-5H,(H,18,20). The molecule has 0 amide bonds. The summed E-state index contributed by atoms with van der Waals surface area (Å²) < 4.78 is 29.3. The van der Waals surface area contributed by atoms with E-state index in [9.17, 15) is 8.78 Å². The van der Waals surface area contributed by atoms with Crippen molar-refractivity contribution >= 4 is 57.4 Å². The van der Waals surface area contributed by atoms with Gasteiger partial charge in [-0.1, -0.05) is 11.6 Å². The summed E-state index contributed by atoms with van der Waals surface area (Å²) in [6.07, 6.45) is 0. The van der Waals surface area contributed by atoms with Crippen molar-refractivity contribution in [3.8, 4) is 5.69 Å². The van der Waals surface area contributed by atoms with Gasteiger partial charge in [0.05, 0.1) is 25.3 Å². The van der Waals surface area contributed by atoms with E-state index in [-0.39, 0.29) is 10.8 Å². The second kappa shape index (κ2) is 5.09. The Morgan fingerprint density at radius 3 is 2.65 bits per heavy atom. The van der Waals surface area contributed by atoms with Gasteiger partial charge in [-0.25, -0.2) is 8.78 Å². The average molecular weight is 423 g/mol. The van der Waals surface area contributed by atoms with Crippen LogP contribution in [0.5, 0.6) is 0 Å². The van der Waals surface area contributed by atoms with Crippen LogP contribution in [0.4, 0.5) is 8.78 Å². The molecular weight excluding hydrogens is 417 g/mol. The third-order valence-corrected chi connectivity index (χ3v) is 4.29. The van der Waals surface area contributed by atoms with Gasteiger partial charge in [-0.3, -0.25) is 4.57 Å². The van der Waals surface area contributed by atoms with Gasteiger partial charge in [0, 0.05) is 6.07 Å². The number of H-pyrrole nitrogens is 1. The normalized spacial score (nSPS) is 11.2. The molecule has 0 atom stereocenters. The highest BCUT2D eigenvalue weighted by atomic mass is 127. The molecule has 1 aromatic heterocycles. The Hall–Kier alpha value is -0.990. The third-order valence-electron chi connectivity index (χ3n) is 2.87. The molecule has 0 unspecified atom stereocenters. The third kappa shape index (κ3) is 2.25. The number of fused-ring (bicyclic) bond motifs is 1. The maximum Gasteiger partial charge on any atom is 0.182 e. The zero-order valence-corrected chi connectivity index (χ0v) is 13.5. The summed E-state index contributed by atoms with van der Waals surface area (Å²) in [5.74, 6) is -0.787. The monoisotopic (exact) mass is 422 g/mol. The van der Waals surface area contributed by atoms with Crippen LogP contribution >= 0.6 is 46.4 Å². The number of imidazole rings is 1. The molecule has 3 rings (SSSR count). The fourth-order valence-corrected chi connectivity index (χ4v) is 3.03. The molecule has 0 aliphatic heterocycles. The first-order valence-corrected chi connectivity index (χ1v) is 7.39. The van der Waals surface area contributed by atoms with Gasteiger partial charge in [-0.05, 0) is 59.1 Å². The first-order chi connectivity index (χ1) is 9.47. The number of rotatable bonds is 1. The van der Waals surface area contributed by atoms with Gasteiger partial charge in [-0.2, -0.15) is 0 Å². The number of nitrogens with one attached hydrogen (secondary N) is 1. The zero-order chi connectivity index (χ0) is 14.4. The van der Waals surface area contributed by atoms with E-state index in [1.807, 2.05) is 22.6 Å². The van der Waals surface area contributed by atoms with Crippen LogP contribution in [0.25, 0.3) is 16.7 Å². The van der Waals surface area contributed by atoms with Crippen LogP contribution in [0.15, 0.2) is 30.3 Å². The Bertz CT molecular complexity index is 888. The fourth-order valence-electron chi connectivity index (χ4n) is 2.00. The highest BCUT2D eigenvalue weighted by molar-refractivity contribution is 14.1. The van der Waals surface area contributed by atoms with Gasteiger partial charge < -0.3 is 4.98 Å². The minimum absolute atomic E-state index is 0.209. The van der Waals surface area contributed by atoms with E-state index in [1.165, 1.54) is 24.3 Å². The predicted octanol–water partition coefficient (Wildman–Crippen LogP) is 5.22. The molecular formula is C13H6ClF2IN2S. The molecule has 0 radical (unpaired) electrons. The largest absolute Gasteiger partial charge is 0.330 e. The molecule has 0 saturated heterocycles. The minimum Gasteiger partial charge on any atom is -0.330 e. The Morgan fingerprint density at radius 1 is 1.20 bits per heavy atom. The average Bonchev–Trinajstić information content (AvgIpc) is 2.66. The molecule has 7 heteroatoms. The van der Waals surface area contributed by atoms with Crippen LogP contribution < -0.4 is 0 Å². The molecule has 0 aliphatic rings. The zero-order valence-electron chi connectivity index (χ0n) is 9.75. The quantitative estimate of drug-likeness (QED) is 0.421. The summed E-state index contributed by atoms with van der Waals surface area (Å²) in [6, 6.07) is 7.03. The van der Waals surface area contributed by atoms with Crippen LogP contribution in [-0.2, 0) is 0 Å². The van der Waals surface area contributed by atoms with Crippen LogP contribution in [0, 0.1) is 20.0 Å². The van der Waals surface area contributed by atoms with Crippen molar-refractivity contribution in [2.75, 3.05) is 0 Å². The number of hydrogen-bond acceptors (Lipinski definition) is 1. The maximum absolute atomic E-state index is 13.8. The van der Waals surface area contributed by atoms with E-state index in [0.29, 0.717) is 25.1 Å². The van der Waals surface area contributed by atoms with Crippen molar-refractivity contribution in [3.05, 3.63) is 55.3 Å². The van der Waals surface area contributed by atoms with Crippen LogP contribution in [0.2, 0.25) is 5.02 Å². The predicted molar refractivity (Wildman–Crippen MR) is 86.1 cm³/mol. The Balaban J connectivity index is 2.39. The van der Waals surface area contributed by atoms with Gasteiger partial charge in [0.1, 0.15) is 11.6 Å². The van der Waals surface area contributed by atoms with E-state index < -0.39 is 5.82 Å². The lowest BCUT2D eigenvalue weighted by Crippen LogP contribution is -1.96. The topological polar surface area (TPSA) is 20.7 Å². The van der Waals surface area contributed by atoms with Crippen LogP contribution in [0.3, 0.4) is 0 Å². The smallest absolute Gasteiger partial charge is 0.182 e. The van der Waals surface area contributed by atoms with E-state index in [2.05, 4.69) is 4.98 Å². The summed E-state index contributed by atoms with van der Waals surface area (Å²) in [6.45, 7) is 0. The Kier molecular flexibility index (Phi) is 3.55. The van der Waals surface area contributed by atoms with Crippen molar-refractivity contribution in [3.63, 3.8) is 0 Å². The van der Waals surface area contributed by atoms with Crippen LogP contribution in [-0.4, -0.2) is 9.55 Å². The number of aromatic amines is 1. The van der Waals surface area contributed by atoms with Gasteiger partial charge in [0.25, 0.3) is 0 Å². The molecule has 2 nitrogen and oxygen atoms in total. The number of hydrogen-bond donors (Lipinski definition) is 1. The second-order valence-electron chi connectivity index (χ2n) is 4.14. The lowest BCUT2D eigenvalue weighted by molar-refractivity contribution is 0.621. The van der Waals surface area contributed by atoms with Crippen molar-refractivity contribution in [2.24, 2.45) is 0 Å². The molecule has 20 heavy (non-hydrogen) atoms. The van der Waals surface area contributed by atoms with E-state index in [1.54, 1.807) is 10.6 Å². The molecule has 0 spiro atoms. The summed E-state index contributed by atoms with van der Waals surface area (Å²) in [4.78, 5) is 2.99. The second-order valence-corrected chi connectivity index (χ2v) is 6.10. The van der Waals surface area contributed by atoms with Gasteiger partial charge >= 0.3 is 0 Å². The van der Waals surface area contributed by atoms with E-state index in [4.69, 9.17) is 23.8 Å². The Labute approximate surface area is 136 Å².